The largest absolute Gasteiger partial charge is 0.469 e. The Morgan fingerprint density at radius 1 is 0.569 bits per heavy atom. The lowest BCUT2D eigenvalue weighted by atomic mass is 10.1. The third kappa shape index (κ3) is 38.5. The minimum atomic E-state index is -4.78. The summed E-state index contributed by atoms with van der Waals surface area (Å²) in [6.45, 7) is 3.44. The number of esters is 2. The van der Waals surface area contributed by atoms with E-state index in [1.165, 1.54) is 25.7 Å². The van der Waals surface area contributed by atoms with Gasteiger partial charge in [-0.1, -0.05) is 126 Å². The Balaban J connectivity index is 4.08. The highest BCUT2D eigenvalue weighted by molar-refractivity contribution is 7.46. The van der Waals surface area contributed by atoms with Crippen molar-refractivity contribution < 1.29 is 42.7 Å². The number of ether oxygens (including phenoxy) is 2. The molecule has 0 saturated carbocycles. The number of unbranched alkanes of at least 4 members (excludes halogenated alkanes) is 14. The SMILES string of the molecule is CCCCC/C=C\C/C=C\C/C=C\CCCCCCC(=O)O[C@H](COC(=O)CCCCCCC/C=C\C=C\C(=O)CCCCC)COP(=O)(O)O. The van der Waals surface area contributed by atoms with Gasteiger partial charge in [-0.05, 0) is 76.7 Å². The van der Waals surface area contributed by atoms with Gasteiger partial charge < -0.3 is 19.3 Å². The predicted molar refractivity (Wildman–Crippen MR) is 207 cm³/mol. The van der Waals surface area contributed by atoms with Crippen LogP contribution in [0.2, 0.25) is 0 Å². The zero-order chi connectivity index (χ0) is 37.7. The molecule has 51 heavy (non-hydrogen) atoms. The molecule has 0 spiro atoms. The van der Waals surface area contributed by atoms with Gasteiger partial charge in [-0.3, -0.25) is 18.9 Å². The molecule has 0 rings (SSSR count). The van der Waals surface area contributed by atoms with E-state index in [0.717, 1.165) is 89.9 Å². The molecule has 0 amide bonds. The van der Waals surface area contributed by atoms with Gasteiger partial charge in [0.05, 0.1) is 6.61 Å². The molecule has 0 radical (unpaired) electrons. The molecule has 0 aromatic heterocycles. The predicted octanol–water partition coefficient (Wildman–Crippen LogP) is 10.9. The first-order chi connectivity index (χ1) is 24.7. The molecule has 1 atom stereocenters. The normalized spacial score (nSPS) is 13.0. The van der Waals surface area contributed by atoms with Crippen LogP contribution in [0.15, 0.2) is 60.8 Å². The Kier molecular flexibility index (Phi) is 34.0. The molecule has 0 unspecified atom stereocenters. The average Bonchev–Trinajstić information content (AvgIpc) is 3.09. The number of carbonyl (C=O) groups is 3. The molecule has 0 saturated heterocycles. The highest BCUT2D eigenvalue weighted by atomic mass is 31.2. The number of phosphoric ester groups is 1. The standard InChI is InChI=1S/C41H69O9P/c1-3-5-7-8-9-10-11-12-13-14-15-16-17-20-24-27-31-35-41(44)50-39(37-49-51(45,46)47)36-48-40(43)34-30-26-23-21-18-19-22-25-29-33-38(42)32-28-6-4-2/h9-10,12-13,15-16,22,25,29,33,39H,3-8,11,14,17-21,23-24,26-28,30-32,34-37H2,1-2H3,(H2,45,46,47)/b10-9-,13-12-,16-15-,25-22-,33-29+/t39-/m1/s1. The summed E-state index contributed by atoms with van der Waals surface area (Å²) in [6.07, 6.45) is 40.6. The number of ketones is 1. The first-order valence-corrected chi connectivity index (χ1v) is 21.1. The highest BCUT2D eigenvalue weighted by Gasteiger charge is 2.22. The van der Waals surface area contributed by atoms with Gasteiger partial charge in [0, 0.05) is 19.3 Å². The summed E-state index contributed by atoms with van der Waals surface area (Å²) in [5.41, 5.74) is 0. The Hall–Kier alpha value is -2.58. The molecule has 10 heteroatoms. The van der Waals surface area contributed by atoms with Crippen molar-refractivity contribution in [1.29, 1.82) is 0 Å². The van der Waals surface area contributed by atoms with Crippen LogP contribution in [-0.4, -0.2) is 46.8 Å². The van der Waals surface area contributed by atoms with E-state index in [0.29, 0.717) is 19.3 Å². The zero-order valence-corrected chi connectivity index (χ0v) is 32.6. The number of allylic oxidation sites excluding steroid dienone is 10. The van der Waals surface area contributed by atoms with Crippen molar-refractivity contribution in [1.82, 2.24) is 0 Å². The number of phosphoric acid groups is 1. The van der Waals surface area contributed by atoms with Crippen molar-refractivity contribution in [2.24, 2.45) is 0 Å². The van der Waals surface area contributed by atoms with Gasteiger partial charge in [0.1, 0.15) is 6.61 Å². The smallest absolute Gasteiger partial charge is 0.462 e. The molecule has 292 valence electrons. The van der Waals surface area contributed by atoms with Gasteiger partial charge in [-0.25, -0.2) is 4.57 Å². The van der Waals surface area contributed by atoms with Crippen molar-refractivity contribution in [2.75, 3.05) is 13.2 Å². The quantitative estimate of drug-likeness (QED) is 0.0163. The second-order valence-electron chi connectivity index (χ2n) is 12.9. The van der Waals surface area contributed by atoms with E-state index in [1.807, 2.05) is 12.2 Å². The van der Waals surface area contributed by atoms with Gasteiger partial charge in [0.15, 0.2) is 11.9 Å². The van der Waals surface area contributed by atoms with Gasteiger partial charge in [-0.2, -0.15) is 0 Å². The maximum atomic E-state index is 12.4. The second-order valence-corrected chi connectivity index (χ2v) is 14.2. The fraction of sp³-hybridized carbons (Fsp3) is 0.683. The first kappa shape index (κ1) is 48.4. The number of hydrogen-bond donors (Lipinski definition) is 2. The van der Waals surface area contributed by atoms with Crippen LogP contribution >= 0.6 is 7.82 Å². The van der Waals surface area contributed by atoms with E-state index in [-0.39, 0.29) is 25.2 Å². The van der Waals surface area contributed by atoms with E-state index in [9.17, 15) is 18.9 Å². The Morgan fingerprint density at radius 2 is 1.06 bits per heavy atom. The van der Waals surface area contributed by atoms with Crippen molar-refractivity contribution in [3.8, 4) is 0 Å². The minimum Gasteiger partial charge on any atom is -0.462 e. The van der Waals surface area contributed by atoms with E-state index < -0.39 is 32.5 Å². The molecular weight excluding hydrogens is 667 g/mol. The fourth-order valence-corrected chi connectivity index (χ4v) is 5.37. The first-order valence-electron chi connectivity index (χ1n) is 19.5. The molecule has 0 aromatic rings. The van der Waals surface area contributed by atoms with Crippen LogP contribution in [0, 0.1) is 0 Å². The second kappa shape index (κ2) is 35.8. The van der Waals surface area contributed by atoms with Crippen molar-refractivity contribution >= 4 is 25.5 Å². The molecule has 0 aliphatic heterocycles. The Labute approximate surface area is 309 Å². The maximum Gasteiger partial charge on any atom is 0.469 e. The average molecular weight is 737 g/mol. The lowest BCUT2D eigenvalue weighted by Gasteiger charge is -2.18. The van der Waals surface area contributed by atoms with E-state index in [4.69, 9.17) is 19.3 Å². The third-order valence-electron chi connectivity index (χ3n) is 7.99. The van der Waals surface area contributed by atoms with Gasteiger partial charge >= 0.3 is 19.8 Å². The number of hydrogen-bond acceptors (Lipinski definition) is 7. The molecule has 0 fully saturated rings. The summed E-state index contributed by atoms with van der Waals surface area (Å²) in [5.74, 6) is -0.805. The zero-order valence-electron chi connectivity index (χ0n) is 31.7. The van der Waals surface area contributed by atoms with E-state index in [1.54, 1.807) is 6.08 Å². The molecule has 0 heterocycles. The minimum absolute atomic E-state index is 0.166. The topological polar surface area (TPSA) is 136 Å². The Morgan fingerprint density at radius 3 is 1.67 bits per heavy atom. The van der Waals surface area contributed by atoms with Gasteiger partial charge in [0.25, 0.3) is 0 Å². The summed E-state index contributed by atoms with van der Waals surface area (Å²) in [7, 11) is -4.78. The molecule has 0 bridgehead atoms. The van der Waals surface area contributed by atoms with E-state index >= 15 is 0 Å². The fourth-order valence-electron chi connectivity index (χ4n) is 5.01. The lowest BCUT2D eigenvalue weighted by molar-refractivity contribution is -0.161. The van der Waals surface area contributed by atoms with Crippen LogP contribution < -0.4 is 0 Å². The number of rotatable bonds is 35. The van der Waals surface area contributed by atoms with Crippen LogP contribution in [0.1, 0.15) is 162 Å². The van der Waals surface area contributed by atoms with Crippen LogP contribution in [0.25, 0.3) is 0 Å². The summed E-state index contributed by atoms with van der Waals surface area (Å²) < 4.78 is 26.3. The van der Waals surface area contributed by atoms with Crippen molar-refractivity contribution in [3.05, 3.63) is 60.8 Å². The Bertz CT molecular complexity index is 1070. The summed E-state index contributed by atoms with van der Waals surface area (Å²) in [5, 5.41) is 0. The molecule has 9 nitrogen and oxygen atoms in total. The number of carbonyl (C=O) groups excluding carboxylic acids is 3. The third-order valence-corrected chi connectivity index (χ3v) is 8.47. The molecule has 0 aromatic carbocycles. The van der Waals surface area contributed by atoms with Crippen LogP contribution in [0.5, 0.6) is 0 Å². The molecular formula is C41H69O9P. The summed E-state index contributed by atoms with van der Waals surface area (Å²) in [4.78, 5) is 54.4. The highest BCUT2D eigenvalue weighted by Crippen LogP contribution is 2.36. The van der Waals surface area contributed by atoms with Gasteiger partial charge in [-0.15, -0.1) is 0 Å². The lowest BCUT2D eigenvalue weighted by Crippen LogP contribution is -2.29. The summed E-state index contributed by atoms with van der Waals surface area (Å²) in [6, 6.07) is 0. The molecule has 0 aliphatic carbocycles. The van der Waals surface area contributed by atoms with Crippen LogP contribution in [0.4, 0.5) is 0 Å². The monoisotopic (exact) mass is 736 g/mol. The van der Waals surface area contributed by atoms with Crippen LogP contribution in [-0.2, 0) is 32.9 Å². The molecule has 2 N–H and O–H groups in total. The van der Waals surface area contributed by atoms with Crippen LogP contribution in [0.3, 0.4) is 0 Å². The van der Waals surface area contributed by atoms with Gasteiger partial charge in [0.2, 0.25) is 0 Å². The summed E-state index contributed by atoms with van der Waals surface area (Å²) >= 11 is 0. The maximum absolute atomic E-state index is 12.4. The molecule has 0 aliphatic rings. The van der Waals surface area contributed by atoms with Crippen molar-refractivity contribution in [2.45, 2.75) is 168 Å². The van der Waals surface area contributed by atoms with E-state index in [2.05, 4.69) is 60.9 Å². The van der Waals surface area contributed by atoms with Crippen molar-refractivity contribution in [3.63, 3.8) is 0 Å².